The second-order valence-corrected chi connectivity index (χ2v) is 9.47. The normalized spacial score (nSPS) is 34.3. The predicted octanol–water partition coefficient (Wildman–Crippen LogP) is 3.75. The second-order valence-electron chi connectivity index (χ2n) is 9.06. The molecule has 148 valence electrons. The highest BCUT2D eigenvalue weighted by Gasteiger charge is 2.61. The summed E-state index contributed by atoms with van der Waals surface area (Å²) in [5.41, 5.74) is 0.871. The van der Waals surface area contributed by atoms with Gasteiger partial charge in [0.2, 0.25) is 11.8 Å². The summed E-state index contributed by atoms with van der Waals surface area (Å²) in [6, 6.07) is 4.97. The van der Waals surface area contributed by atoms with Crippen LogP contribution in [0.2, 0.25) is 5.02 Å². The van der Waals surface area contributed by atoms with Gasteiger partial charge in [-0.2, -0.15) is 0 Å². The highest BCUT2D eigenvalue weighted by Crippen LogP contribution is 2.56. The van der Waals surface area contributed by atoms with Crippen LogP contribution in [-0.2, 0) is 9.59 Å². The van der Waals surface area contributed by atoms with E-state index >= 15 is 0 Å². The van der Waals surface area contributed by atoms with Crippen molar-refractivity contribution in [3.05, 3.63) is 28.8 Å². The molecule has 28 heavy (non-hydrogen) atoms. The molecule has 2 aliphatic heterocycles. The lowest BCUT2D eigenvalue weighted by Gasteiger charge is -2.31. The van der Waals surface area contributed by atoms with Gasteiger partial charge in [0.15, 0.2) is 0 Å². The molecule has 0 aromatic heterocycles. The van der Waals surface area contributed by atoms with Crippen LogP contribution in [0.4, 0.5) is 5.69 Å². The quantitative estimate of drug-likeness (QED) is 0.710. The van der Waals surface area contributed by atoms with Crippen molar-refractivity contribution in [2.75, 3.05) is 18.0 Å². The predicted molar refractivity (Wildman–Crippen MR) is 106 cm³/mol. The van der Waals surface area contributed by atoms with Crippen LogP contribution in [-0.4, -0.2) is 35.7 Å². The first-order valence-electron chi connectivity index (χ1n) is 10.4. The summed E-state index contributed by atoms with van der Waals surface area (Å²) in [5.74, 6) is 0.547. The van der Waals surface area contributed by atoms with E-state index < -0.39 is 0 Å². The molecule has 5 rings (SSSR count). The number of hydrogen-bond acceptors (Lipinski definition) is 3. The Morgan fingerprint density at radius 1 is 1.07 bits per heavy atom. The van der Waals surface area contributed by atoms with Gasteiger partial charge in [-0.25, -0.2) is 0 Å². The molecular weight excluding hydrogens is 376 g/mol. The fourth-order valence-corrected chi connectivity index (χ4v) is 6.22. The minimum absolute atomic E-state index is 0.0884. The summed E-state index contributed by atoms with van der Waals surface area (Å²) < 4.78 is 0. The van der Waals surface area contributed by atoms with Crippen molar-refractivity contribution in [2.45, 2.75) is 39.0 Å². The van der Waals surface area contributed by atoms with Crippen LogP contribution in [0, 0.1) is 29.6 Å². The molecule has 5 nitrogen and oxygen atoms in total. The number of anilines is 1. The maximum Gasteiger partial charge on any atom is 0.255 e. The van der Waals surface area contributed by atoms with Crippen LogP contribution in [0.25, 0.3) is 0 Å². The van der Waals surface area contributed by atoms with Crippen LogP contribution < -0.4 is 4.90 Å². The van der Waals surface area contributed by atoms with Gasteiger partial charge in [0.05, 0.1) is 28.1 Å². The Bertz CT molecular complexity index is 841. The molecule has 1 aromatic carbocycles. The lowest BCUT2D eigenvalue weighted by atomic mass is 9.81. The Morgan fingerprint density at radius 2 is 1.75 bits per heavy atom. The average Bonchev–Trinajstić information content (AvgIpc) is 3.36. The van der Waals surface area contributed by atoms with Gasteiger partial charge < -0.3 is 4.90 Å². The number of halogens is 1. The lowest BCUT2D eigenvalue weighted by molar-refractivity contribution is -0.123. The largest absolute Gasteiger partial charge is 0.338 e. The van der Waals surface area contributed by atoms with Gasteiger partial charge in [-0.15, -0.1) is 0 Å². The Kier molecular flexibility index (Phi) is 4.27. The van der Waals surface area contributed by atoms with Crippen LogP contribution in [0.15, 0.2) is 18.2 Å². The number of nitrogens with zero attached hydrogens (tertiary/aromatic N) is 2. The molecule has 2 heterocycles. The van der Waals surface area contributed by atoms with E-state index in [9.17, 15) is 14.4 Å². The van der Waals surface area contributed by atoms with Crippen LogP contribution in [0.3, 0.4) is 0 Å². The molecule has 4 fully saturated rings. The van der Waals surface area contributed by atoms with E-state index in [1.54, 1.807) is 18.2 Å². The van der Waals surface area contributed by atoms with Gasteiger partial charge in [-0.05, 0) is 68.1 Å². The lowest BCUT2D eigenvalue weighted by Crippen LogP contribution is -2.39. The molecule has 1 aromatic rings. The Labute approximate surface area is 170 Å². The highest BCUT2D eigenvalue weighted by atomic mass is 35.5. The number of rotatable bonds is 2. The van der Waals surface area contributed by atoms with Crippen molar-refractivity contribution < 1.29 is 14.4 Å². The van der Waals surface area contributed by atoms with Crippen molar-refractivity contribution in [1.29, 1.82) is 0 Å². The SMILES string of the molecule is C[C@@H]1CCCN(C(=O)c2cc(N3C(=O)[C@@H]4[C@H]5CC[C@@H](C5)[C@@H]4C3=O)ccc2Cl)C1. The van der Waals surface area contributed by atoms with E-state index in [0.29, 0.717) is 40.6 Å². The Hall–Kier alpha value is -1.88. The first kappa shape index (κ1) is 18.2. The highest BCUT2D eigenvalue weighted by molar-refractivity contribution is 6.34. The van der Waals surface area contributed by atoms with E-state index in [2.05, 4.69) is 6.92 Å². The molecule has 2 aliphatic carbocycles. The first-order chi connectivity index (χ1) is 13.5. The Morgan fingerprint density at radius 3 is 2.39 bits per heavy atom. The van der Waals surface area contributed by atoms with Crippen molar-refractivity contribution in [1.82, 2.24) is 4.90 Å². The van der Waals surface area contributed by atoms with Gasteiger partial charge in [0.1, 0.15) is 0 Å². The van der Waals surface area contributed by atoms with Crippen molar-refractivity contribution in [2.24, 2.45) is 29.6 Å². The minimum atomic E-state index is -0.163. The molecule has 3 amide bonds. The van der Waals surface area contributed by atoms with Gasteiger partial charge >= 0.3 is 0 Å². The molecule has 0 unspecified atom stereocenters. The number of imide groups is 1. The number of carbonyl (C=O) groups is 3. The number of amides is 3. The molecule has 2 saturated heterocycles. The van der Waals surface area contributed by atoms with Crippen LogP contribution >= 0.6 is 11.6 Å². The zero-order valence-corrected chi connectivity index (χ0v) is 16.8. The van der Waals surface area contributed by atoms with Crippen molar-refractivity contribution in [3.8, 4) is 0 Å². The number of likely N-dealkylation sites (tertiary alicyclic amines) is 1. The number of benzene rings is 1. The van der Waals surface area contributed by atoms with Gasteiger partial charge in [0, 0.05) is 13.1 Å². The summed E-state index contributed by atoms with van der Waals surface area (Å²) in [5, 5.41) is 0.367. The zero-order chi connectivity index (χ0) is 19.6. The number of fused-ring (bicyclic) bond motifs is 5. The summed E-state index contributed by atoms with van der Waals surface area (Å²) in [7, 11) is 0. The maximum atomic E-state index is 13.1. The monoisotopic (exact) mass is 400 g/mol. The number of hydrogen-bond donors (Lipinski definition) is 0. The van der Waals surface area contributed by atoms with Gasteiger partial charge in [-0.1, -0.05) is 18.5 Å². The molecule has 0 radical (unpaired) electrons. The molecule has 0 spiro atoms. The third kappa shape index (κ3) is 2.62. The third-order valence-electron chi connectivity index (χ3n) is 7.31. The van der Waals surface area contributed by atoms with E-state index in [4.69, 9.17) is 11.6 Å². The average molecular weight is 401 g/mol. The molecule has 5 atom stereocenters. The van der Waals surface area contributed by atoms with E-state index in [1.165, 1.54) is 4.90 Å². The fraction of sp³-hybridized carbons (Fsp3) is 0.591. The molecule has 6 heteroatoms. The van der Waals surface area contributed by atoms with Gasteiger partial charge in [0.25, 0.3) is 5.91 Å². The minimum Gasteiger partial charge on any atom is -0.338 e. The third-order valence-corrected chi connectivity index (χ3v) is 7.64. The number of piperidine rings is 1. The molecule has 2 bridgehead atoms. The molecule has 4 aliphatic rings. The van der Waals surface area contributed by atoms with Crippen molar-refractivity contribution in [3.63, 3.8) is 0 Å². The number of carbonyl (C=O) groups excluding carboxylic acids is 3. The first-order valence-corrected chi connectivity index (χ1v) is 10.8. The van der Waals surface area contributed by atoms with E-state index in [1.807, 2.05) is 4.90 Å². The summed E-state index contributed by atoms with van der Waals surface area (Å²) in [6.07, 6.45) is 5.23. The standard InChI is InChI=1S/C22H25ClN2O3/c1-12-3-2-8-24(11-12)20(26)16-10-15(6-7-17(16)23)25-21(27)18-13-4-5-14(9-13)19(18)22(25)28/h6-7,10,12-14,18-19H,2-5,8-9,11H2,1H3/t12-,13+,14+,18-,19+/m1/s1. The summed E-state index contributed by atoms with van der Waals surface area (Å²) in [6.45, 7) is 3.58. The smallest absolute Gasteiger partial charge is 0.255 e. The zero-order valence-electron chi connectivity index (χ0n) is 16.1. The Balaban J connectivity index is 1.45. The molecule has 0 N–H and O–H groups in total. The van der Waals surface area contributed by atoms with Crippen molar-refractivity contribution >= 4 is 35.0 Å². The van der Waals surface area contributed by atoms with E-state index in [-0.39, 0.29) is 29.6 Å². The van der Waals surface area contributed by atoms with Gasteiger partial charge in [-0.3, -0.25) is 19.3 Å². The van der Waals surface area contributed by atoms with Crippen LogP contribution in [0.5, 0.6) is 0 Å². The molecular formula is C22H25ClN2O3. The summed E-state index contributed by atoms with van der Waals surface area (Å²) >= 11 is 6.34. The topological polar surface area (TPSA) is 57.7 Å². The van der Waals surface area contributed by atoms with E-state index in [0.717, 1.165) is 38.6 Å². The second kappa shape index (κ2) is 6.58. The summed E-state index contributed by atoms with van der Waals surface area (Å²) in [4.78, 5) is 42.4. The fourth-order valence-electron chi connectivity index (χ4n) is 6.02. The molecule has 2 saturated carbocycles. The van der Waals surface area contributed by atoms with Crippen LogP contribution in [0.1, 0.15) is 49.4 Å². The maximum absolute atomic E-state index is 13.1.